The molecule has 0 fully saturated rings. The predicted molar refractivity (Wildman–Crippen MR) is 139 cm³/mol. The number of rotatable bonds is 6. The standard InChI is InChI=1S/C25H24N4O2S2/c1-15-8-10-20(17(3)12-15)27-23(30)14-32-25-29-21-11-9-18(13-22(21)33-25)26-24(31)28-19-7-5-4-6-16(19)2/h4-13H,14H2,1-3H3,(H,27,30)(H2,26,28,31). The van der Waals surface area contributed by atoms with E-state index in [2.05, 4.69) is 20.9 Å². The Labute approximate surface area is 200 Å². The van der Waals surface area contributed by atoms with E-state index in [4.69, 9.17) is 0 Å². The van der Waals surface area contributed by atoms with Gasteiger partial charge in [-0.2, -0.15) is 0 Å². The van der Waals surface area contributed by atoms with Crippen molar-refractivity contribution < 1.29 is 9.59 Å². The van der Waals surface area contributed by atoms with E-state index in [-0.39, 0.29) is 17.7 Å². The number of anilines is 3. The van der Waals surface area contributed by atoms with Gasteiger partial charge in [0.15, 0.2) is 4.34 Å². The number of fused-ring (bicyclic) bond motifs is 1. The molecular weight excluding hydrogens is 452 g/mol. The molecule has 8 heteroatoms. The number of nitrogens with zero attached hydrogens (tertiary/aromatic N) is 1. The molecule has 0 atom stereocenters. The lowest BCUT2D eigenvalue weighted by atomic mass is 10.1. The minimum Gasteiger partial charge on any atom is -0.325 e. The summed E-state index contributed by atoms with van der Waals surface area (Å²) in [5, 5.41) is 8.68. The van der Waals surface area contributed by atoms with E-state index in [9.17, 15) is 9.59 Å². The van der Waals surface area contributed by atoms with Gasteiger partial charge in [0.1, 0.15) is 0 Å². The average molecular weight is 477 g/mol. The van der Waals surface area contributed by atoms with Crippen LogP contribution in [0.2, 0.25) is 0 Å². The monoisotopic (exact) mass is 476 g/mol. The number of aromatic nitrogens is 1. The summed E-state index contributed by atoms with van der Waals surface area (Å²) in [5.41, 5.74) is 6.31. The summed E-state index contributed by atoms with van der Waals surface area (Å²) in [6, 6.07) is 18.9. The number of thiazole rings is 1. The molecule has 0 aliphatic rings. The number of aryl methyl sites for hydroxylation is 3. The third-order valence-corrected chi connectivity index (χ3v) is 7.16. The number of carbonyl (C=O) groups excluding carboxylic acids is 2. The first-order valence-electron chi connectivity index (χ1n) is 10.4. The van der Waals surface area contributed by atoms with Crippen molar-refractivity contribution in [1.82, 2.24) is 4.98 Å². The number of nitrogens with one attached hydrogen (secondary N) is 3. The fourth-order valence-corrected chi connectivity index (χ4v) is 5.22. The topological polar surface area (TPSA) is 83.1 Å². The van der Waals surface area contributed by atoms with Crippen molar-refractivity contribution >= 4 is 62.3 Å². The van der Waals surface area contributed by atoms with Crippen LogP contribution in [-0.4, -0.2) is 22.7 Å². The van der Waals surface area contributed by atoms with Gasteiger partial charge in [0.05, 0.1) is 16.0 Å². The Bertz CT molecular complexity index is 1330. The second-order valence-electron chi connectivity index (χ2n) is 7.71. The second kappa shape index (κ2) is 10.1. The van der Waals surface area contributed by atoms with Gasteiger partial charge in [0, 0.05) is 17.1 Å². The van der Waals surface area contributed by atoms with Crippen molar-refractivity contribution in [2.24, 2.45) is 0 Å². The maximum Gasteiger partial charge on any atom is 0.323 e. The van der Waals surface area contributed by atoms with E-state index in [1.54, 1.807) is 0 Å². The summed E-state index contributed by atoms with van der Waals surface area (Å²) in [6.07, 6.45) is 0. The SMILES string of the molecule is Cc1ccc(NC(=O)CSc2nc3ccc(NC(=O)Nc4ccccc4C)cc3s2)c(C)c1. The molecule has 1 heterocycles. The third-order valence-electron chi connectivity index (χ3n) is 5.00. The minimum absolute atomic E-state index is 0.0681. The lowest BCUT2D eigenvalue weighted by molar-refractivity contribution is -0.113. The molecule has 0 aliphatic heterocycles. The normalized spacial score (nSPS) is 10.8. The molecule has 3 N–H and O–H groups in total. The van der Waals surface area contributed by atoms with Gasteiger partial charge in [-0.05, 0) is 62.2 Å². The third kappa shape index (κ3) is 5.91. The lowest BCUT2D eigenvalue weighted by Gasteiger charge is -2.09. The van der Waals surface area contributed by atoms with Crippen LogP contribution in [0.15, 0.2) is 65.0 Å². The van der Waals surface area contributed by atoms with Crippen molar-refractivity contribution in [2.75, 3.05) is 21.7 Å². The molecule has 168 valence electrons. The van der Waals surface area contributed by atoms with Gasteiger partial charge in [-0.1, -0.05) is 47.7 Å². The van der Waals surface area contributed by atoms with Crippen LogP contribution in [0.3, 0.4) is 0 Å². The fraction of sp³-hybridized carbons (Fsp3) is 0.160. The quantitative estimate of drug-likeness (QED) is 0.274. The molecule has 0 aliphatic carbocycles. The highest BCUT2D eigenvalue weighted by molar-refractivity contribution is 8.01. The molecule has 0 unspecified atom stereocenters. The van der Waals surface area contributed by atoms with Gasteiger partial charge >= 0.3 is 6.03 Å². The summed E-state index contributed by atoms with van der Waals surface area (Å²) in [5.74, 6) is 0.207. The molecule has 6 nitrogen and oxygen atoms in total. The lowest BCUT2D eigenvalue weighted by Crippen LogP contribution is -2.19. The van der Waals surface area contributed by atoms with E-state index >= 15 is 0 Å². The maximum absolute atomic E-state index is 12.4. The Morgan fingerprint density at radius 3 is 2.45 bits per heavy atom. The van der Waals surface area contributed by atoms with E-state index in [0.29, 0.717) is 5.69 Å². The average Bonchev–Trinajstić information content (AvgIpc) is 3.18. The molecule has 4 aromatic rings. The molecule has 0 saturated heterocycles. The van der Waals surface area contributed by atoms with Gasteiger partial charge in [0.2, 0.25) is 5.91 Å². The molecule has 4 rings (SSSR count). The highest BCUT2D eigenvalue weighted by Crippen LogP contribution is 2.31. The van der Waals surface area contributed by atoms with Crippen molar-refractivity contribution in [1.29, 1.82) is 0 Å². The number of amides is 3. The number of hydrogen-bond donors (Lipinski definition) is 3. The van der Waals surface area contributed by atoms with Crippen molar-refractivity contribution in [3.63, 3.8) is 0 Å². The number of hydrogen-bond acceptors (Lipinski definition) is 5. The highest BCUT2D eigenvalue weighted by atomic mass is 32.2. The number of urea groups is 1. The molecule has 1 aromatic heterocycles. The zero-order valence-electron chi connectivity index (χ0n) is 18.6. The number of thioether (sulfide) groups is 1. The zero-order valence-corrected chi connectivity index (χ0v) is 20.2. The van der Waals surface area contributed by atoms with Crippen LogP contribution in [0.5, 0.6) is 0 Å². The number of benzene rings is 3. The Morgan fingerprint density at radius 1 is 0.879 bits per heavy atom. The summed E-state index contributed by atoms with van der Waals surface area (Å²) in [6.45, 7) is 5.95. The smallest absolute Gasteiger partial charge is 0.323 e. The predicted octanol–water partition coefficient (Wildman–Crippen LogP) is 6.60. The number of carbonyl (C=O) groups is 2. The van der Waals surface area contributed by atoms with E-state index in [1.807, 2.05) is 81.4 Å². The summed E-state index contributed by atoms with van der Waals surface area (Å²) < 4.78 is 1.75. The van der Waals surface area contributed by atoms with Crippen molar-refractivity contribution in [2.45, 2.75) is 25.1 Å². The van der Waals surface area contributed by atoms with Gasteiger partial charge in [-0.15, -0.1) is 11.3 Å². The van der Waals surface area contributed by atoms with E-state index in [1.165, 1.54) is 23.1 Å². The molecule has 3 amide bonds. The zero-order chi connectivity index (χ0) is 23.4. The highest BCUT2D eigenvalue weighted by Gasteiger charge is 2.11. The molecule has 0 radical (unpaired) electrons. The second-order valence-corrected chi connectivity index (χ2v) is 9.96. The van der Waals surface area contributed by atoms with Crippen LogP contribution in [0.4, 0.5) is 21.9 Å². The van der Waals surface area contributed by atoms with Gasteiger partial charge in [-0.25, -0.2) is 9.78 Å². The van der Waals surface area contributed by atoms with Crippen molar-refractivity contribution in [3.05, 3.63) is 77.4 Å². The Hall–Kier alpha value is -3.36. The molecule has 33 heavy (non-hydrogen) atoms. The van der Waals surface area contributed by atoms with E-state index in [0.717, 1.165) is 42.6 Å². The Balaban J connectivity index is 1.36. The van der Waals surface area contributed by atoms with E-state index < -0.39 is 0 Å². The Morgan fingerprint density at radius 2 is 1.67 bits per heavy atom. The summed E-state index contributed by atoms with van der Waals surface area (Å²) >= 11 is 2.90. The largest absolute Gasteiger partial charge is 0.325 e. The van der Waals surface area contributed by atoms with Crippen LogP contribution in [-0.2, 0) is 4.79 Å². The summed E-state index contributed by atoms with van der Waals surface area (Å²) in [4.78, 5) is 29.3. The van der Waals surface area contributed by atoms with Crippen molar-refractivity contribution in [3.8, 4) is 0 Å². The first kappa shape index (κ1) is 22.8. The van der Waals surface area contributed by atoms with Crippen LogP contribution >= 0.6 is 23.1 Å². The first-order valence-corrected chi connectivity index (χ1v) is 12.2. The number of para-hydroxylation sites is 1. The van der Waals surface area contributed by atoms with Crippen LogP contribution in [0.25, 0.3) is 10.2 Å². The maximum atomic E-state index is 12.4. The first-order chi connectivity index (χ1) is 15.9. The molecular formula is C25H24N4O2S2. The fourth-order valence-electron chi connectivity index (χ4n) is 3.31. The molecule has 0 bridgehead atoms. The van der Waals surface area contributed by atoms with Gasteiger partial charge in [-0.3, -0.25) is 4.79 Å². The molecule has 0 spiro atoms. The molecule has 0 saturated carbocycles. The van der Waals surface area contributed by atoms with Crippen LogP contribution in [0.1, 0.15) is 16.7 Å². The molecule has 3 aromatic carbocycles. The van der Waals surface area contributed by atoms with Crippen LogP contribution in [0, 0.1) is 20.8 Å². The minimum atomic E-state index is -0.300. The van der Waals surface area contributed by atoms with Gasteiger partial charge < -0.3 is 16.0 Å². The van der Waals surface area contributed by atoms with Gasteiger partial charge in [0.25, 0.3) is 0 Å². The Kier molecular flexibility index (Phi) is 6.96. The van der Waals surface area contributed by atoms with Crippen LogP contribution < -0.4 is 16.0 Å². The summed E-state index contributed by atoms with van der Waals surface area (Å²) in [7, 11) is 0.